The van der Waals surface area contributed by atoms with E-state index in [0.29, 0.717) is 5.69 Å². The monoisotopic (exact) mass is 269 g/mol. The Morgan fingerprint density at radius 2 is 1.94 bits per heavy atom. The molecule has 1 heterocycles. The van der Waals surface area contributed by atoms with Gasteiger partial charge in [0.05, 0.1) is 12.2 Å². The summed E-state index contributed by atoms with van der Waals surface area (Å²) >= 11 is 5.35. The second-order valence-electron chi connectivity index (χ2n) is 3.10. The van der Waals surface area contributed by atoms with Gasteiger partial charge in [-0.3, -0.25) is 4.98 Å². The second kappa shape index (κ2) is 8.13. The highest BCUT2D eigenvalue weighted by Crippen LogP contribution is 1.92. The van der Waals surface area contributed by atoms with E-state index in [1.54, 1.807) is 24.4 Å². The van der Waals surface area contributed by atoms with Gasteiger partial charge in [-0.2, -0.15) is 0 Å². The summed E-state index contributed by atoms with van der Waals surface area (Å²) in [6, 6.07) is 3.91. The maximum absolute atomic E-state index is 11.2. The van der Waals surface area contributed by atoms with Gasteiger partial charge >= 0.3 is 12.1 Å². The van der Waals surface area contributed by atoms with Crippen molar-refractivity contribution in [1.29, 1.82) is 0 Å². The predicted octanol–water partition coefficient (Wildman–Crippen LogP) is 1.69. The standard InChI is InChI=1S/C10H12ClN5O2/c11-4-6-13-9(17)15-16-10(18)14-7-8-3-1-2-5-12-8/h1-3,5H,4,6-7H2,(H,13,17)(H,14,18). The molecule has 0 aliphatic heterocycles. The molecule has 1 rings (SSSR count). The van der Waals surface area contributed by atoms with Crippen LogP contribution in [0, 0.1) is 0 Å². The number of hydrogen-bond acceptors (Lipinski definition) is 3. The number of aromatic nitrogens is 1. The molecule has 8 heteroatoms. The van der Waals surface area contributed by atoms with E-state index in [2.05, 4.69) is 25.8 Å². The smallest absolute Gasteiger partial charge is 0.334 e. The fourth-order valence-electron chi connectivity index (χ4n) is 0.985. The number of halogens is 1. The molecule has 0 aromatic carbocycles. The van der Waals surface area contributed by atoms with Crippen molar-refractivity contribution in [1.82, 2.24) is 15.6 Å². The van der Waals surface area contributed by atoms with E-state index in [4.69, 9.17) is 11.6 Å². The molecule has 0 spiro atoms. The SMILES string of the molecule is O=C(N=NC(=O)NCc1ccccn1)NCCCl. The van der Waals surface area contributed by atoms with E-state index in [0.717, 1.165) is 0 Å². The molecule has 4 amide bonds. The lowest BCUT2D eigenvalue weighted by Crippen LogP contribution is -2.23. The highest BCUT2D eigenvalue weighted by Gasteiger charge is 2.01. The number of pyridine rings is 1. The van der Waals surface area contributed by atoms with Crippen LogP contribution in [0.3, 0.4) is 0 Å². The van der Waals surface area contributed by atoms with Crippen LogP contribution in [0.4, 0.5) is 9.59 Å². The van der Waals surface area contributed by atoms with Crippen molar-refractivity contribution < 1.29 is 9.59 Å². The molecule has 0 aliphatic carbocycles. The first-order valence-corrected chi connectivity index (χ1v) is 5.69. The molecule has 1 aromatic rings. The number of amides is 4. The summed E-state index contributed by atoms with van der Waals surface area (Å²) < 4.78 is 0. The van der Waals surface area contributed by atoms with Gasteiger partial charge in [-0.25, -0.2) is 9.59 Å². The van der Waals surface area contributed by atoms with Crippen molar-refractivity contribution in [3.8, 4) is 0 Å². The van der Waals surface area contributed by atoms with Gasteiger partial charge in [0.25, 0.3) is 0 Å². The number of nitrogens with zero attached hydrogens (tertiary/aromatic N) is 3. The van der Waals surface area contributed by atoms with E-state index in [-0.39, 0.29) is 19.0 Å². The summed E-state index contributed by atoms with van der Waals surface area (Å²) in [4.78, 5) is 26.2. The fraction of sp³-hybridized carbons (Fsp3) is 0.300. The zero-order valence-corrected chi connectivity index (χ0v) is 10.2. The quantitative estimate of drug-likeness (QED) is 0.643. The summed E-state index contributed by atoms with van der Waals surface area (Å²) in [5.41, 5.74) is 0.688. The predicted molar refractivity (Wildman–Crippen MR) is 65.4 cm³/mol. The molecule has 0 atom stereocenters. The van der Waals surface area contributed by atoms with Crippen molar-refractivity contribution in [3.05, 3.63) is 30.1 Å². The average Bonchev–Trinajstić information content (AvgIpc) is 2.41. The first-order valence-electron chi connectivity index (χ1n) is 5.15. The second-order valence-corrected chi connectivity index (χ2v) is 3.48. The molecule has 7 nitrogen and oxygen atoms in total. The van der Waals surface area contributed by atoms with Gasteiger partial charge in [-0.1, -0.05) is 16.3 Å². The van der Waals surface area contributed by atoms with Crippen LogP contribution >= 0.6 is 11.6 Å². The summed E-state index contributed by atoms with van der Waals surface area (Å²) in [5.74, 6) is 0.271. The molecule has 0 aliphatic rings. The van der Waals surface area contributed by atoms with Gasteiger partial charge in [0.2, 0.25) is 0 Å². The van der Waals surface area contributed by atoms with Crippen LogP contribution in [0.2, 0.25) is 0 Å². The van der Waals surface area contributed by atoms with Crippen LogP contribution in [0.25, 0.3) is 0 Å². The molecule has 0 radical (unpaired) electrons. The van der Waals surface area contributed by atoms with E-state index in [1.165, 1.54) is 0 Å². The Labute approximate surface area is 109 Å². The Morgan fingerprint density at radius 1 is 1.22 bits per heavy atom. The normalized spacial score (nSPS) is 10.3. The molecule has 0 unspecified atom stereocenters. The fourth-order valence-corrected chi connectivity index (χ4v) is 1.08. The van der Waals surface area contributed by atoms with Crippen LogP contribution < -0.4 is 10.6 Å². The lowest BCUT2D eigenvalue weighted by Gasteiger charge is -1.99. The zero-order valence-electron chi connectivity index (χ0n) is 9.47. The molecule has 18 heavy (non-hydrogen) atoms. The Hall–Kier alpha value is -2.02. The summed E-state index contributed by atoms with van der Waals surface area (Å²) in [6.45, 7) is 0.497. The highest BCUT2D eigenvalue weighted by molar-refractivity contribution is 6.18. The van der Waals surface area contributed by atoms with E-state index < -0.39 is 12.1 Å². The number of alkyl halides is 1. The van der Waals surface area contributed by atoms with Gasteiger partial charge in [-0.15, -0.1) is 11.6 Å². The Morgan fingerprint density at radius 3 is 2.56 bits per heavy atom. The third-order valence-electron chi connectivity index (χ3n) is 1.75. The molecule has 0 bridgehead atoms. The van der Waals surface area contributed by atoms with Crippen LogP contribution in [-0.4, -0.2) is 29.5 Å². The van der Waals surface area contributed by atoms with Gasteiger partial charge in [0.1, 0.15) is 0 Å². The van der Waals surface area contributed by atoms with Crippen molar-refractivity contribution in [2.24, 2.45) is 10.2 Å². The first kappa shape index (κ1) is 14.0. The third kappa shape index (κ3) is 5.90. The number of azo groups is 1. The molecular formula is C10H12ClN5O2. The van der Waals surface area contributed by atoms with Crippen LogP contribution in [0.5, 0.6) is 0 Å². The van der Waals surface area contributed by atoms with Gasteiger partial charge in [0, 0.05) is 18.6 Å². The Kier molecular flexibility index (Phi) is 6.34. The maximum atomic E-state index is 11.2. The van der Waals surface area contributed by atoms with Crippen LogP contribution in [0.1, 0.15) is 5.69 Å². The minimum absolute atomic E-state index is 0.224. The van der Waals surface area contributed by atoms with E-state index in [9.17, 15) is 9.59 Å². The molecule has 96 valence electrons. The minimum atomic E-state index is -0.707. The van der Waals surface area contributed by atoms with Crippen molar-refractivity contribution >= 4 is 23.7 Å². The Balaban J connectivity index is 2.29. The molecule has 0 fully saturated rings. The first-order chi connectivity index (χ1) is 8.72. The lowest BCUT2D eigenvalue weighted by molar-refractivity contribution is 0.241. The molecule has 1 aromatic heterocycles. The lowest BCUT2D eigenvalue weighted by atomic mass is 10.3. The topological polar surface area (TPSA) is 95.8 Å². The minimum Gasteiger partial charge on any atom is -0.334 e. The van der Waals surface area contributed by atoms with Crippen molar-refractivity contribution in [2.75, 3.05) is 12.4 Å². The molecule has 0 saturated carbocycles. The van der Waals surface area contributed by atoms with Crippen LogP contribution in [0.15, 0.2) is 34.6 Å². The van der Waals surface area contributed by atoms with Crippen LogP contribution in [-0.2, 0) is 6.54 Å². The molecule has 0 saturated heterocycles. The number of rotatable bonds is 4. The number of hydrogen-bond donors (Lipinski definition) is 2. The van der Waals surface area contributed by atoms with Crippen molar-refractivity contribution in [3.63, 3.8) is 0 Å². The Bertz CT molecular complexity index is 424. The third-order valence-corrected chi connectivity index (χ3v) is 1.94. The zero-order chi connectivity index (χ0) is 13.2. The summed E-state index contributed by atoms with van der Waals surface area (Å²) in [5, 5.41) is 11.1. The molecular weight excluding hydrogens is 258 g/mol. The van der Waals surface area contributed by atoms with Gasteiger partial charge in [0.15, 0.2) is 0 Å². The number of urea groups is 2. The van der Waals surface area contributed by atoms with Gasteiger partial charge in [-0.05, 0) is 12.1 Å². The number of carbonyl (C=O) groups is 2. The highest BCUT2D eigenvalue weighted by atomic mass is 35.5. The molecule has 2 N–H and O–H groups in total. The van der Waals surface area contributed by atoms with Gasteiger partial charge < -0.3 is 10.6 Å². The van der Waals surface area contributed by atoms with E-state index >= 15 is 0 Å². The average molecular weight is 270 g/mol. The largest absolute Gasteiger partial charge is 0.360 e. The van der Waals surface area contributed by atoms with E-state index in [1.807, 2.05) is 0 Å². The van der Waals surface area contributed by atoms with Crippen molar-refractivity contribution in [2.45, 2.75) is 6.54 Å². The number of nitrogens with one attached hydrogen (secondary N) is 2. The summed E-state index contributed by atoms with van der Waals surface area (Å²) in [6.07, 6.45) is 1.61. The summed E-state index contributed by atoms with van der Waals surface area (Å²) in [7, 11) is 0. The number of carbonyl (C=O) groups excluding carboxylic acids is 2. The maximum Gasteiger partial charge on any atom is 0.360 e.